The molecule has 130 valence electrons. The number of nitrogens with zero attached hydrogens (tertiary/aromatic N) is 2. The van der Waals surface area contributed by atoms with Gasteiger partial charge in [-0.25, -0.2) is 0 Å². The molecule has 1 atom stereocenters. The average Bonchev–Trinajstić information content (AvgIpc) is 2.60. The minimum absolute atomic E-state index is 0.154. The zero-order chi connectivity index (χ0) is 16.9. The summed E-state index contributed by atoms with van der Waals surface area (Å²) in [5.74, 6) is 0.753. The zero-order valence-corrected chi connectivity index (χ0v) is 14.6. The summed E-state index contributed by atoms with van der Waals surface area (Å²) in [4.78, 5) is 28.8. The average molecular weight is 348 g/mol. The van der Waals surface area contributed by atoms with Gasteiger partial charge in [-0.2, -0.15) is 0 Å². The van der Waals surface area contributed by atoms with Gasteiger partial charge in [0.1, 0.15) is 0 Å². The molecule has 1 unspecified atom stereocenters. The number of carbonyl (C=O) groups excluding carboxylic acids is 1. The maximum absolute atomic E-state index is 12.8. The van der Waals surface area contributed by atoms with Gasteiger partial charge in [-0.15, -0.1) is 11.8 Å². The predicted octanol–water partition coefficient (Wildman–Crippen LogP) is 2.70. The topological polar surface area (TPSA) is 60.9 Å². The first kappa shape index (κ1) is 17.3. The van der Waals surface area contributed by atoms with Crippen LogP contribution in [-0.4, -0.2) is 53.8 Å². The summed E-state index contributed by atoms with van der Waals surface area (Å²) in [7, 11) is 0. The van der Waals surface area contributed by atoms with Gasteiger partial charge in [0, 0.05) is 30.2 Å². The van der Waals surface area contributed by atoms with E-state index in [2.05, 4.69) is 11.0 Å². The number of benzene rings is 1. The van der Waals surface area contributed by atoms with Crippen molar-refractivity contribution >= 4 is 29.3 Å². The Morgan fingerprint density at radius 3 is 2.92 bits per heavy atom. The van der Waals surface area contributed by atoms with E-state index in [1.165, 1.54) is 4.90 Å². The Morgan fingerprint density at radius 1 is 1.25 bits per heavy atom. The summed E-state index contributed by atoms with van der Waals surface area (Å²) in [5, 5.41) is 8.84. The van der Waals surface area contributed by atoms with Crippen molar-refractivity contribution in [3.05, 3.63) is 24.3 Å². The van der Waals surface area contributed by atoms with Gasteiger partial charge in [-0.3, -0.25) is 14.5 Å². The number of rotatable bonds is 5. The number of amides is 1. The quantitative estimate of drug-likeness (QED) is 0.886. The molecule has 1 saturated heterocycles. The van der Waals surface area contributed by atoms with Crippen molar-refractivity contribution in [3.63, 3.8) is 0 Å². The van der Waals surface area contributed by atoms with Crippen LogP contribution in [-0.2, 0) is 9.59 Å². The number of hydrogen-bond donors (Lipinski definition) is 1. The molecule has 1 fully saturated rings. The largest absolute Gasteiger partial charge is 0.481 e. The van der Waals surface area contributed by atoms with Gasteiger partial charge in [-0.1, -0.05) is 12.1 Å². The van der Waals surface area contributed by atoms with E-state index in [0.29, 0.717) is 18.9 Å². The molecule has 0 bridgehead atoms. The van der Waals surface area contributed by atoms with Crippen molar-refractivity contribution in [3.8, 4) is 0 Å². The highest BCUT2D eigenvalue weighted by atomic mass is 32.2. The van der Waals surface area contributed by atoms with Crippen LogP contribution >= 0.6 is 11.8 Å². The molecule has 2 aliphatic heterocycles. The smallest absolute Gasteiger partial charge is 0.303 e. The molecule has 0 aliphatic carbocycles. The number of carbonyl (C=O) groups is 2. The molecule has 0 aromatic heterocycles. The van der Waals surface area contributed by atoms with Crippen molar-refractivity contribution < 1.29 is 14.7 Å². The number of fused-ring (bicyclic) bond motifs is 1. The molecule has 5 nitrogen and oxygen atoms in total. The van der Waals surface area contributed by atoms with Crippen LogP contribution < -0.4 is 4.90 Å². The minimum Gasteiger partial charge on any atom is -0.481 e. The molecule has 1 N–H and O–H groups in total. The molecule has 0 radical (unpaired) electrons. The molecule has 1 aromatic carbocycles. The Balaban J connectivity index is 1.58. The fourth-order valence-electron chi connectivity index (χ4n) is 3.56. The van der Waals surface area contributed by atoms with Crippen molar-refractivity contribution in [2.45, 2.75) is 30.6 Å². The summed E-state index contributed by atoms with van der Waals surface area (Å²) in [6.07, 6.45) is 3.05. The highest BCUT2D eigenvalue weighted by Gasteiger charge is 2.27. The Bertz CT molecular complexity index is 608. The number of piperidine rings is 1. The summed E-state index contributed by atoms with van der Waals surface area (Å²) in [6.45, 7) is 2.96. The Hall–Kier alpha value is -1.53. The molecule has 24 heavy (non-hydrogen) atoms. The molecule has 2 heterocycles. The zero-order valence-electron chi connectivity index (χ0n) is 13.8. The Kier molecular flexibility index (Phi) is 5.79. The molecule has 0 spiro atoms. The summed E-state index contributed by atoms with van der Waals surface area (Å²) in [5.41, 5.74) is 1.03. The van der Waals surface area contributed by atoms with Crippen LogP contribution in [0, 0.1) is 5.92 Å². The van der Waals surface area contributed by atoms with Crippen LogP contribution in [0.3, 0.4) is 0 Å². The maximum Gasteiger partial charge on any atom is 0.303 e. The van der Waals surface area contributed by atoms with E-state index < -0.39 is 5.97 Å². The predicted molar refractivity (Wildman–Crippen MR) is 95.6 cm³/mol. The van der Waals surface area contributed by atoms with E-state index in [1.807, 2.05) is 23.1 Å². The number of aliphatic carboxylic acids is 1. The summed E-state index contributed by atoms with van der Waals surface area (Å²) >= 11 is 1.80. The van der Waals surface area contributed by atoms with Crippen molar-refractivity contribution in [1.29, 1.82) is 0 Å². The molecule has 6 heteroatoms. The first-order valence-corrected chi connectivity index (χ1v) is 9.58. The fraction of sp³-hybridized carbons (Fsp3) is 0.556. The molecule has 2 aliphatic rings. The number of carboxylic acids is 1. The lowest BCUT2D eigenvalue weighted by atomic mass is 9.93. The van der Waals surface area contributed by atoms with E-state index in [-0.39, 0.29) is 12.3 Å². The van der Waals surface area contributed by atoms with Crippen molar-refractivity contribution in [2.75, 3.05) is 36.8 Å². The van der Waals surface area contributed by atoms with E-state index in [9.17, 15) is 9.59 Å². The van der Waals surface area contributed by atoms with Crippen LogP contribution in [0.4, 0.5) is 5.69 Å². The third kappa shape index (κ3) is 4.30. The number of para-hydroxylation sites is 1. The van der Waals surface area contributed by atoms with Gasteiger partial charge < -0.3 is 10.0 Å². The Labute approximate surface area is 147 Å². The second-order valence-corrected chi connectivity index (χ2v) is 7.67. The first-order valence-electron chi connectivity index (χ1n) is 8.60. The molecular formula is C18H24N2O3S. The molecule has 0 saturated carbocycles. The van der Waals surface area contributed by atoms with Gasteiger partial charge in [0.2, 0.25) is 5.91 Å². The lowest BCUT2D eigenvalue weighted by Crippen LogP contribution is -2.45. The third-order valence-corrected chi connectivity index (χ3v) is 5.80. The first-order chi connectivity index (χ1) is 11.6. The van der Waals surface area contributed by atoms with E-state index in [0.717, 1.165) is 43.9 Å². The highest BCUT2D eigenvalue weighted by Crippen LogP contribution is 2.34. The molecule has 1 amide bonds. The van der Waals surface area contributed by atoms with Crippen LogP contribution in [0.1, 0.15) is 25.7 Å². The van der Waals surface area contributed by atoms with E-state index in [4.69, 9.17) is 5.11 Å². The van der Waals surface area contributed by atoms with Gasteiger partial charge >= 0.3 is 5.97 Å². The summed E-state index contributed by atoms with van der Waals surface area (Å²) < 4.78 is 0. The van der Waals surface area contributed by atoms with Crippen LogP contribution in [0.25, 0.3) is 0 Å². The standard InChI is InChI=1S/C18H24N2O3S/c21-17(20-10-11-24-16-6-2-1-5-15(16)20)13-19-9-3-4-14(12-19)7-8-18(22)23/h1-2,5-6,14H,3-4,7-13H2,(H,22,23). The SMILES string of the molecule is O=C(O)CCC1CCCN(CC(=O)N2CCSc3ccccc32)C1. The minimum atomic E-state index is -0.731. The van der Waals surface area contributed by atoms with Gasteiger partial charge in [0.15, 0.2) is 0 Å². The fourth-order valence-corrected chi connectivity index (χ4v) is 4.56. The van der Waals surface area contributed by atoms with E-state index in [1.54, 1.807) is 11.8 Å². The van der Waals surface area contributed by atoms with Crippen LogP contribution in [0.15, 0.2) is 29.2 Å². The van der Waals surface area contributed by atoms with Crippen LogP contribution in [0.5, 0.6) is 0 Å². The number of thioether (sulfide) groups is 1. The molecular weight excluding hydrogens is 324 g/mol. The van der Waals surface area contributed by atoms with Gasteiger partial charge in [0.05, 0.1) is 12.2 Å². The number of hydrogen-bond acceptors (Lipinski definition) is 4. The summed E-state index contributed by atoms with van der Waals surface area (Å²) in [6, 6.07) is 8.08. The van der Waals surface area contributed by atoms with Crippen molar-refractivity contribution in [2.24, 2.45) is 5.92 Å². The van der Waals surface area contributed by atoms with Crippen molar-refractivity contribution in [1.82, 2.24) is 4.90 Å². The monoisotopic (exact) mass is 348 g/mol. The lowest BCUT2D eigenvalue weighted by Gasteiger charge is -2.35. The number of carboxylic acid groups (broad SMARTS) is 1. The number of likely N-dealkylation sites (tertiary alicyclic amines) is 1. The normalized spacial score (nSPS) is 21.3. The highest BCUT2D eigenvalue weighted by molar-refractivity contribution is 7.99. The van der Waals surface area contributed by atoms with E-state index >= 15 is 0 Å². The number of anilines is 1. The molecule has 3 rings (SSSR count). The van der Waals surface area contributed by atoms with Gasteiger partial charge in [0.25, 0.3) is 0 Å². The second kappa shape index (κ2) is 8.03. The maximum atomic E-state index is 12.8. The second-order valence-electron chi connectivity index (χ2n) is 6.54. The Morgan fingerprint density at radius 2 is 2.08 bits per heavy atom. The third-order valence-electron chi connectivity index (χ3n) is 4.76. The van der Waals surface area contributed by atoms with Gasteiger partial charge in [-0.05, 0) is 43.9 Å². The lowest BCUT2D eigenvalue weighted by molar-refractivity contribution is -0.137. The molecule has 1 aromatic rings. The van der Waals surface area contributed by atoms with Crippen LogP contribution in [0.2, 0.25) is 0 Å².